The van der Waals surface area contributed by atoms with Crippen LogP contribution in [0.2, 0.25) is 0 Å². The Labute approximate surface area is 470 Å². The molecule has 1 aromatic heterocycles. The van der Waals surface area contributed by atoms with Gasteiger partial charge in [0.05, 0.1) is 18.5 Å². The number of benzene rings is 4. The molecular weight excluding hydrogens is 1050 g/mol. The van der Waals surface area contributed by atoms with Gasteiger partial charge in [0, 0.05) is 55.6 Å². The minimum Gasteiger partial charge on any atom is -0.480 e. The number of aliphatic hydroxyl groups excluding tert-OH is 1. The number of nitrogens with zero attached hydrogens (tertiary/aromatic N) is 2. The highest BCUT2D eigenvalue weighted by Gasteiger charge is 2.36. The minimum atomic E-state index is -1.71. The number of carbonyl (C=O) groups is 8. The van der Waals surface area contributed by atoms with Crippen molar-refractivity contribution in [3.05, 3.63) is 162 Å². The number of aromatic nitrogens is 2. The summed E-state index contributed by atoms with van der Waals surface area (Å²) in [5.41, 5.74) is 15.2. The number of carbonyl (C=O) groups excluding carboxylic acids is 7. The van der Waals surface area contributed by atoms with E-state index in [-0.39, 0.29) is 50.2 Å². The molecule has 0 fully saturated rings. The van der Waals surface area contributed by atoms with E-state index in [9.17, 15) is 48.6 Å². The van der Waals surface area contributed by atoms with E-state index in [0.717, 1.165) is 5.56 Å². The molecule has 5 aromatic rings. The molecule has 13 N–H and O–H groups in total. The molecule has 0 aliphatic carbocycles. The zero-order valence-electron chi connectivity index (χ0n) is 43.8. The van der Waals surface area contributed by atoms with Gasteiger partial charge in [0.1, 0.15) is 42.3 Å². The normalized spacial score (nSPS) is 14.5. The van der Waals surface area contributed by atoms with Crippen molar-refractivity contribution in [3.63, 3.8) is 0 Å². The number of unbranched alkanes of at least 4 members (excludes halogenated alkanes) is 1. The molecule has 0 aliphatic rings. The van der Waals surface area contributed by atoms with Crippen LogP contribution >= 0.6 is 25.3 Å². The molecule has 0 spiro atoms. The number of hydrogen-bond acceptors (Lipinski definition) is 14. The van der Waals surface area contributed by atoms with E-state index in [4.69, 9.17) is 11.5 Å². The number of hydrogen-bond donors (Lipinski definition) is 13. The van der Waals surface area contributed by atoms with E-state index in [1.165, 1.54) is 13.1 Å². The second-order valence-corrected chi connectivity index (χ2v) is 19.7. The third-order valence-electron chi connectivity index (χ3n) is 12.8. The van der Waals surface area contributed by atoms with Crippen LogP contribution in [0, 0.1) is 0 Å². The molecule has 0 aliphatic heterocycles. The minimum absolute atomic E-state index is 0.00489. The Morgan fingerprint density at radius 3 is 1.33 bits per heavy atom. The number of rotatable bonds is 32. The molecule has 9 atom stereocenters. The Morgan fingerprint density at radius 2 is 0.911 bits per heavy atom. The van der Waals surface area contributed by atoms with E-state index < -0.39 is 102 Å². The van der Waals surface area contributed by atoms with E-state index in [1.54, 1.807) is 102 Å². The molecule has 5 rings (SSSR count). The quantitative estimate of drug-likeness (QED) is 0.0205. The number of nitrogens with one attached hydrogen (secondary N) is 7. The van der Waals surface area contributed by atoms with Gasteiger partial charge in [0.25, 0.3) is 0 Å². The third-order valence-corrected chi connectivity index (χ3v) is 13.5. The van der Waals surface area contributed by atoms with Crippen molar-refractivity contribution < 1.29 is 48.6 Å². The first-order valence-electron chi connectivity index (χ1n) is 25.9. The lowest BCUT2D eigenvalue weighted by molar-refractivity contribution is -0.141. The summed E-state index contributed by atoms with van der Waals surface area (Å²) in [6.45, 7) is 1.81. The van der Waals surface area contributed by atoms with Crippen molar-refractivity contribution in [2.45, 2.75) is 113 Å². The lowest BCUT2D eigenvalue weighted by Gasteiger charge is -2.29. The van der Waals surface area contributed by atoms with Gasteiger partial charge in [-0.25, -0.2) is 9.78 Å². The lowest BCUT2D eigenvalue weighted by Crippen LogP contribution is -2.62. The summed E-state index contributed by atoms with van der Waals surface area (Å²) in [7, 11) is 0. The average Bonchev–Trinajstić information content (AvgIpc) is 3.89. The Balaban J connectivity index is 1.46. The Hall–Kier alpha value is -7.57. The molecule has 0 bridgehead atoms. The monoisotopic (exact) mass is 1120 g/mol. The second-order valence-electron chi connectivity index (χ2n) is 19.0. The highest BCUT2D eigenvalue weighted by Crippen LogP contribution is 2.14. The number of aliphatic carboxylic acids is 1. The summed E-state index contributed by atoms with van der Waals surface area (Å²) in [5, 5.41) is 39.2. The van der Waals surface area contributed by atoms with Gasteiger partial charge >= 0.3 is 5.97 Å². The Kier molecular flexibility index (Phi) is 25.5. The number of thiol groups is 2. The van der Waals surface area contributed by atoms with Gasteiger partial charge < -0.3 is 63.5 Å². The molecule has 79 heavy (non-hydrogen) atoms. The number of aliphatic hydroxyl groups is 1. The number of carboxylic acid groups (broad SMARTS) is 1. The predicted octanol–water partition coefficient (Wildman–Crippen LogP) is 0.377. The summed E-state index contributed by atoms with van der Waals surface area (Å²) in [6.07, 6.45) is 1.95. The lowest BCUT2D eigenvalue weighted by atomic mass is 10.0. The predicted molar refractivity (Wildman–Crippen MR) is 303 cm³/mol. The maximum absolute atomic E-state index is 14.9. The van der Waals surface area contributed by atoms with E-state index in [2.05, 4.69) is 67.5 Å². The highest BCUT2D eigenvalue weighted by molar-refractivity contribution is 7.80. The van der Waals surface area contributed by atoms with Crippen LogP contribution in [-0.2, 0) is 70.6 Å². The molecule has 7 amide bonds. The van der Waals surface area contributed by atoms with Crippen LogP contribution in [-0.4, -0.2) is 140 Å². The van der Waals surface area contributed by atoms with E-state index in [1.807, 2.05) is 30.3 Å². The van der Waals surface area contributed by atoms with Crippen LogP contribution < -0.4 is 48.7 Å². The molecule has 4 aromatic carbocycles. The molecule has 21 nitrogen and oxygen atoms in total. The van der Waals surface area contributed by atoms with E-state index >= 15 is 0 Å². The number of imidazole rings is 1. The largest absolute Gasteiger partial charge is 0.480 e. The molecule has 0 saturated heterocycles. The van der Waals surface area contributed by atoms with Crippen LogP contribution in [0.5, 0.6) is 0 Å². The number of carboxylic acids is 1. The topological polar surface area (TPSA) is 331 Å². The smallest absolute Gasteiger partial charge is 0.327 e. The maximum Gasteiger partial charge on any atom is 0.327 e. The molecule has 0 radical (unpaired) electrons. The van der Waals surface area contributed by atoms with Crippen LogP contribution in [0.3, 0.4) is 0 Å². The molecule has 23 heteroatoms. The first-order chi connectivity index (χ1) is 38.0. The summed E-state index contributed by atoms with van der Waals surface area (Å²) >= 11 is 8.18. The first kappa shape index (κ1) is 62.3. The van der Waals surface area contributed by atoms with Crippen LogP contribution in [0.25, 0.3) is 0 Å². The van der Waals surface area contributed by atoms with Crippen molar-refractivity contribution in [3.8, 4) is 0 Å². The van der Waals surface area contributed by atoms with Gasteiger partial charge in [-0.2, -0.15) is 25.3 Å². The van der Waals surface area contributed by atoms with Crippen LogP contribution in [0.1, 0.15) is 54.1 Å². The molecule has 1 heterocycles. The van der Waals surface area contributed by atoms with Gasteiger partial charge in [0.15, 0.2) is 0 Å². The van der Waals surface area contributed by atoms with Crippen molar-refractivity contribution in [2.75, 3.05) is 18.1 Å². The summed E-state index contributed by atoms with van der Waals surface area (Å²) in [5.74, 6) is -7.38. The highest BCUT2D eigenvalue weighted by atomic mass is 32.1. The fourth-order valence-corrected chi connectivity index (χ4v) is 8.77. The molecule has 0 saturated carbocycles. The Morgan fingerprint density at radius 1 is 0.519 bits per heavy atom. The van der Waals surface area contributed by atoms with Gasteiger partial charge in [-0.05, 0) is 55.0 Å². The van der Waals surface area contributed by atoms with Crippen LogP contribution in [0.15, 0.2) is 134 Å². The fourth-order valence-electron chi connectivity index (χ4n) is 8.35. The SMILES string of the molecule is C[C@@H](O)[C@H](NC(=O)[C@H](CCCCN)NC(=O)[C@H](Cc1cncn1Cc1ccccc1)NC(=O)[C@H](Cc1ccccc1)NC(=O)[C@H](Cc1ccccc1)NC(=O)[C@@H](N)CS)C(=O)N[C@@H](Cc1ccccc1)C(=O)N[C@@H](CS)C(=O)O. The average molecular weight is 1120 g/mol. The maximum atomic E-state index is 14.9. The number of amides is 7. The summed E-state index contributed by atoms with van der Waals surface area (Å²) in [6, 6.07) is 24.8. The molecule has 0 unspecified atom stereocenters. The van der Waals surface area contributed by atoms with Gasteiger partial charge in [-0.15, -0.1) is 0 Å². The molecular formula is C56H71N11O10S2. The summed E-state index contributed by atoms with van der Waals surface area (Å²) < 4.78 is 1.79. The van der Waals surface area contributed by atoms with Gasteiger partial charge in [-0.3, -0.25) is 33.6 Å². The van der Waals surface area contributed by atoms with Gasteiger partial charge in [0.2, 0.25) is 41.4 Å². The van der Waals surface area contributed by atoms with Crippen molar-refractivity contribution in [2.24, 2.45) is 11.5 Å². The number of nitrogens with two attached hydrogens (primary N) is 2. The van der Waals surface area contributed by atoms with Crippen molar-refractivity contribution in [1.82, 2.24) is 46.8 Å². The summed E-state index contributed by atoms with van der Waals surface area (Å²) in [4.78, 5) is 116. The Bertz CT molecular complexity index is 2760. The third kappa shape index (κ3) is 20.3. The van der Waals surface area contributed by atoms with Crippen molar-refractivity contribution >= 4 is 72.6 Å². The second kappa shape index (κ2) is 32.4. The van der Waals surface area contributed by atoms with E-state index in [0.29, 0.717) is 41.8 Å². The van der Waals surface area contributed by atoms with Gasteiger partial charge in [-0.1, -0.05) is 121 Å². The standard InChI is InChI=1S/C56H71N11O10S2/c1-35(68)48(55(75)64-45(28-38-20-10-4-11-21-38)53(73)65-47(33-79)56(76)77)66-50(70)42(24-14-15-25-57)60-54(74)46(29-40-30-59-34-67(40)31-39-22-12-5-13-23-39)63-52(72)44(27-37-18-8-3-9-19-37)62-51(71)43(61-49(69)41(58)32-78)26-36-16-6-2-7-17-36/h2-13,16-23,30,34-35,41-48,68,78-79H,14-15,24-29,31-33,57-58H2,1H3,(H,60,74)(H,61,69)(H,62,71)(H,63,72)(H,64,75)(H,65,73)(H,66,70)(H,76,77)/t35-,41+,42+,43+,44+,45+,46+,47+,48+/m1/s1. The van der Waals surface area contributed by atoms with Crippen LogP contribution in [0.4, 0.5) is 0 Å². The van der Waals surface area contributed by atoms with Crippen molar-refractivity contribution in [1.29, 1.82) is 0 Å². The zero-order chi connectivity index (χ0) is 57.3. The molecule has 422 valence electrons. The first-order valence-corrected chi connectivity index (χ1v) is 27.1. The zero-order valence-corrected chi connectivity index (χ0v) is 45.6. The fraction of sp³-hybridized carbons (Fsp3) is 0.375.